The highest BCUT2D eigenvalue weighted by Gasteiger charge is 2.37. The average Bonchev–Trinajstić information content (AvgIpc) is 3.92. The minimum absolute atomic E-state index is 0.242. The molecule has 5 nitrogen and oxygen atoms in total. The predicted molar refractivity (Wildman–Crippen MR) is 225 cm³/mol. The molecule has 260 valence electrons. The lowest BCUT2D eigenvalue weighted by Gasteiger charge is -2.22. The molecule has 0 spiro atoms. The summed E-state index contributed by atoms with van der Waals surface area (Å²) in [7, 11) is 0. The molecule has 0 fully saturated rings. The van der Waals surface area contributed by atoms with Gasteiger partial charge in [0.25, 0.3) is 0 Å². The van der Waals surface area contributed by atoms with Crippen LogP contribution >= 0.6 is 11.3 Å². The molecule has 1 aliphatic rings. The maximum atomic E-state index is 6.49. The molecule has 0 aliphatic heterocycles. The maximum Gasteiger partial charge on any atom is 0.167 e. The van der Waals surface area contributed by atoms with Crippen LogP contribution in [0.3, 0.4) is 0 Å². The van der Waals surface area contributed by atoms with Crippen LogP contribution in [0, 0.1) is 0 Å². The Balaban J connectivity index is 1.10. The van der Waals surface area contributed by atoms with E-state index in [1.165, 1.54) is 27.0 Å². The number of aromatic nitrogens is 4. The van der Waals surface area contributed by atoms with Crippen molar-refractivity contribution in [3.8, 4) is 67.0 Å². The number of furan rings is 1. The van der Waals surface area contributed by atoms with Gasteiger partial charge in [-0.25, -0.2) is 19.9 Å². The molecule has 11 rings (SSSR count). The quantitative estimate of drug-likeness (QED) is 0.177. The number of hydrogen-bond donors (Lipinski definition) is 0. The summed E-state index contributed by atoms with van der Waals surface area (Å²) in [6.07, 6.45) is 0. The van der Waals surface area contributed by atoms with Crippen LogP contribution in [-0.2, 0) is 5.41 Å². The molecule has 0 bridgehead atoms. The third-order valence-corrected chi connectivity index (χ3v) is 12.1. The van der Waals surface area contributed by atoms with E-state index in [2.05, 4.69) is 135 Å². The van der Waals surface area contributed by atoms with Gasteiger partial charge in [-0.1, -0.05) is 141 Å². The summed E-state index contributed by atoms with van der Waals surface area (Å²) in [5, 5.41) is 3.13. The van der Waals surface area contributed by atoms with Gasteiger partial charge in [-0.3, -0.25) is 0 Å². The van der Waals surface area contributed by atoms with Gasteiger partial charge >= 0.3 is 0 Å². The van der Waals surface area contributed by atoms with Crippen LogP contribution in [0.5, 0.6) is 0 Å². The highest BCUT2D eigenvalue weighted by molar-refractivity contribution is 7.22. The number of para-hydroxylation sites is 2. The van der Waals surface area contributed by atoms with Crippen molar-refractivity contribution in [1.82, 2.24) is 19.9 Å². The first-order valence-electron chi connectivity index (χ1n) is 18.5. The number of fused-ring (bicyclic) bond motifs is 8. The molecule has 0 unspecified atom stereocenters. The monoisotopic (exact) mass is 724 g/mol. The SMILES string of the molecule is CC1(C)c2cc(-c3nc(-c4cccc(-c5ccccc5)c4)nc(-c4cccc5c4oc4ccccc45)n3)ccc2-c2c1ccc1nc(-c3ccccc3)sc21. The number of rotatable bonds is 5. The molecule has 55 heavy (non-hydrogen) atoms. The van der Waals surface area contributed by atoms with E-state index in [1.54, 1.807) is 11.3 Å². The Kier molecular flexibility index (Phi) is 7.00. The van der Waals surface area contributed by atoms with Crippen LogP contribution in [0.2, 0.25) is 0 Å². The summed E-state index contributed by atoms with van der Waals surface area (Å²) in [6.45, 7) is 4.63. The zero-order valence-corrected chi connectivity index (χ0v) is 30.9. The number of benzene rings is 7. The van der Waals surface area contributed by atoms with Crippen molar-refractivity contribution in [3.05, 3.63) is 169 Å². The fourth-order valence-corrected chi connectivity index (χ4v) is 9.33. The summed E-state index contributed by atoms with van der Waals surface area (Å²) in [5.74, 6) is 1.79. The van der Waals surface area contributed by atoms with E-state index in [-0.39, 0.29) is 5.41 Å². The largest absolute Gasteiger partial charge is 0.455 e. The van der Waals surface area contributed by atoms with Gasteiger partial charge < -0.3 is 4.42 Å². The smallest absolute Gasteiger partial charge is 0.167 e. The van der Waals surface area contributed by atoms with Crippen molar-refractivity contribution in [2.75, 3.05) is 0 Å². The number of thiazole rings is 1. The van der Waals surface area contributed by atoms with Gasteiger partial charge in [0.1, 0.15) is 16.2 Å². The van der Waals surface area contributed by atoms with E-state index in [4.69, 9.17) is 24.4 Å². The first kappa shape index (κ1) is 31.7. The number of nitrogens with zero attached hydrogens (tertiary/aromatic N) is 4. The summed E-state index contributed by atoms with van der Waals surface area (Å²) >= 11 is 1.77. The van der Waals surface area contributed by atoms with E-state index >= 15 is 0 Å². The minimum Gasteiger partial charge on any atom is -0.455 e. The molecule has 7 aromatic carbocycles. The van der Waals surface area contributed by atoms with Gasteiger partial charge in [0, 0.05) is 38.4 Å². The normalized spacial score (nSPS) is 13.1. The topological polar surface area (TPSA) is 64.7 Å². The zero-order valence-electron chi connectivity index (χ0n) is 30.1. The molecule has 0 N–H and O–H groups in total. The van der Waals surface area contributed by atoms with Crippen molar-refractivity contribution in [3.63, 3.8) is 0 Å². The Morgan fingerprint density at radius 1 is 0.473 bits per heavy atom. The van der Waals surface area contributed by atoms with E-state index < -0.39 is 0 Å². The van der Waals surface area contributed by atoms with E-state index in [1.807, 2.05) is 36.4 Å². The lowest BCUT2D eigenvalue weighted by molar-refractivity contribution is 0.661. The molecule has 3 heterocycles. The summed E-state index contributed by atoms with van der Waals surface area (Å²) < 4.78 is 7.71. The Hall–Kier alpha value is -6.76. The standard InChI is InChI=1S/C49H32N4OS/c1-49(2)38-25-26-40-44(55-48(50-40)30-15-7-4-8-16-30)42(38)36-24-23-33(28-39(36)49)46-51-45(32-18-11-17-31(27-32)29-13-5-3-6-14-29)52-47(53-46)37-21-12-20-35-34-19-9-10-22-41(34)54-43(35)37/h3-28H,1-2H3. The molecule has 0 atom stereocenters. The lowest BCUT2D eigenvalue weighted by atomic mass is 9.82. The van der Waals surface area contributed by atoms with Gasteiger partial charge in [-0.2, -0.15) is 0 Å². The van der Waals surface area contributed by atoms with Crippen LogP contribution in [-0.4, -0.2) is 19.9 Å². The molecular weight excluding hydrogens is 693 g/mol. The highest BCUT2D eigenvalue weighted by atomic mass is 32.1. The second-order valence-corrected chi connectivity index (χ2v) is 15.6. The third kappa shape index (κ3) is 5.06. The van der Waals surface area contributed by atoms with Crippen LogP contribution in [0.4, 0.5) is 0 Å². The Labute approximate surface area is 321 Å². The van der Waals surface area contributed by atoms with Gasteiger partial charge in [-0.05, 0) is 58.1 Å². The van der Waals surface area contributed by atoms with Gasteiger partial charge in [-0.15, -0.1) is 11.3 Å². The highest BCUT2D eigenvalue weighted by Crippen LogP contribution is 2.53. The third-order valence-electron chi connectivity index (χ3n) is 11.0. The van der Waals surface area contributed by atoms with Crippen molar-refractivity contribution < 1.29 is 4.42 Å². The van der Waals surface area contributed by atoms with Crippen LogP contribution in [0.25, 0.3) is 99.1 Å². The fourth-order valence-electron chi connectivity index (χ4n) is 8.19. The van der Waals surface area contributed by atoms with Crippen LogP contribution < -0.4 is 0 Å². The van der Waals surface area contributed by atoms with Crippen LogP contribution in [0.1, 0.15) is 25.0 Å². The molecular formula is C49H32N4OS. The Morgan fingerprint density at radius 2 is 1.13 bits per heavy atom. The van der Waals surface area contributed by atoms with E-state index in [0.29, 0.717) is 17.5 Å². The lowest BCUT2D eigenvalue weighted by Crippen LogP contribution is -2.15. The molecule has 3 aromatic heterocycles. The predicted octanol–water partition coefficient (Wildman–Crippen LogP) is 13.0. The molecule has 1 aliphatic carbocycles. The van der Waals surface area contributed by atoms with Gasteiger partial charge in [0.2, 0.25) is 0 Å². The summed E-state index contributed by atoms with van der Waals surface area (Å²) in [4.78, 5) is 20.7. The average molecular weight is 725 g/mol. The zero-order chi connectivity index (χ0) is 36.7. The second kappa shape index (κ2) is 12.1. The first-order chi connectivity index (χ1) is 27.0. The molecule has 0 saturated heterocycles. The summed E-state index contributed by atoms with van der Waals surface area (Å²) in [6, 6.07) is 54.7. The second-order valence-electron chi connectivity index (χ2n) is 14.6. The number of hydrogen-bond acceptors (Lipinski definition) is 6. The first-order valence-corrected chi connectivity index (χ1v) is 19.3. The van der Waals surface area contributed by atoms with Crippen molar-refractivity contribution >= 4 is 43.5 Å². The van der Waals surface area contributed by atoms with Gasteiger partial charge in [0.05, 0.1) is 15.8 Å². The fraction of sp³-hybridized carbons (Fsp3) is 0.0612. The Morgan fingerprint density at radius 3 is 1.95 bits per heavy atom. The van der Waals surface area contributed by atoms with E-state index in [9.17, 15) is 0 Å². The Bertz CT molecular complexity index is 3130. The van der Waals surface area contributed by atoms with Crippen LogP contribution in [0.15, 0.2) is 162 Å². The summed E-state index contributed by atoms with van der Waals surface area (Å²) in [5.41, 5.74) is 13.5. The molecule has 10 aromatic rings. The van der Waals surface area contributed by atoms with Crippen molar-refractivity contribution in [1.29, 1.82) is 0 Å². The molecule has 0 saturated carbocycles. The maximum absolute atomic E-state index is 6.49. The molecule has 0 radical (unpaired) electrons. The van der Waals surface area contributed by atoms with E-state index in [0.717, 1.165) is 65.8 Å². The van der Waals surface area contributed by atoms with Crippen molar-refractivity contribution in [2.24, 2.45) is 0 Å². The molecule has 6 heteroatoms. The van der Waals surface area contributed by atoms with Gasteiger partial charge in [0.15, 0.2) is 17.5 Å². The minimum atomic E-state index is -0.242. The van der Waals surface area contributed by atoms with Crippen molar-refractivity contribution in [2.45, 2.75) is 19.3 Å². The molecule has 0 amide bonds.